The number of anilines is 2. The molecule has 2 aliphatic heterocycles. The highest BCUT2D eigenvalue weighted by molar-refractivity contribution is 5.62. The Labute approximate surface area is 154 Å². The van der Waals surface area contributed by atoms with E-state index in [9.17, 15) is 0 Å². The summed E-state index contributed by atoms with van der Waals surface area (Å²) in [5, 5.41) is 0. The van der Waals surface area contributed by atoms with Gasteiger partial charge in [-0.15, -0.1) is 0 Å². The number of benzene rings is 1. The minimum Gasteiger partial charge on any atom is -0.399 e. The number of rotatable bonds is 7. The third-order valence-corrected chi connectivity index (χ3v) is 6.21. The summed E-state index contributed by atoms with van der Waals surface area (Å²) in [6, 6.07) is 6.41. The van der Waals surface area contributed by atoms with Crippen LogP contribution < -0.4 is 10.6 Å². The van der Waals surface area contributed by atoms with E-state index < -0.39 is 0 Å². The van der Waals surface area contributed by atoms with Crippen molar-refractivity contribution in [1.29, 1.82) is 0 Å². The van der Waals surface area contributed by atoms with E-state index in [-0.39, 0.29) is 0 Å². The van der Waals surface area contributed by atoms with E-state index in [1.807, 2.05) is 6.07 Å². The molecule has 0 spiro atoms. The van der Waals surface area contributed by atoms with Crippen LogP contribution >= 0.6 is 0 Å². The zero-order chi connectivity index (χ0) is 17.7. The van der Waals surface area contributed by atoms with Gasteiger partial charge in [0.1, 0.15) is 0 Å². The van der Waals surface area contributed by atoms with Crippen LogP contribution in [0.5, 0.6) is 0 Å². The first-order chi connectivity index (χ1) is 12.1. The number of quaternary nitrogens is 1. The van der Waals surface area contributed by atoms with E-state index >= 15 is 0 Å². The summed E-state index contributed by atoms with van der Waals surface area (Å²) in [7, 11) is 4.73. The number of nitrogens with zero attached hydrogens (tertiary/aromatic N) is 3. The predicted molar refractivity (Wildman–Crippen MR) is 108 cm³/mol. The van der Waals surface area contributed by atoms with Crippen LogP contribution in [0.4, 0.5) is 11.4 Å². The Morgan fingerprint density at radius 3 is 2.72 bits per heavy atom. The molecule has 0 radical (unpaired) electrons. The Bertz CT molecular complexity index is 551. The second-order valence-corrected chi connectivity index (χ2v) is 8.49. The van der Waals surface area contributed by atoms with Gasteiger partial charge in [-0.3, -0.25) is 0 Å². The molecule has 0 aliphatic carbocycles. The summed E-state index contributed by atoms with van der Waals surface area (Å²) >= 11 is 0. The van der Waals surface area contributed by atoms with E-state index in [1.165, 1.54) is 87.0 Å². The molecule has 0 bridgehead atoms. The quantitative estimate of drug-likeness (QED) is 0.609. The number of likely N-dealkylation sites (tertiary alicyclic amines) is 1. The molecule has 4 heteroatoms. The van der Waals surface area contributed by atoms with Crippen molar-refractivity contribution in [2.75, 3.05) is 70.5 Å². The van der Waals surface area contributed by atoms with Gasteiger partial charge in [-0.25, -0.2) is 0 Å². The molecule has 0 unspecified atom stereocenters. The highest BCUT2D eigenvalue weighted by atomic mass is 15.3. The molecule has 2 aliphatic rings. The highest BCUT2D eigenvalue weighted by Gasteiger charge is 2.24. The van der Waals surface area contributed by atoms with E-state index in [0.29, 0.717) is 0 Å². The van der Waals surface area contributed by atoms with Gasteiger partial charge in [0.2, 0.25) is 0 Å². The van der Waals surface area contributed by atoms with Gasteiger partial charge < -0.3 is 20.0 Å². The summed E-state index contributed by atoms with van der Waals surface area (Å²) in [4.78, 5) is 5.04. The van der Waals surface area contributed by atoms with Gasteiger partial charge >= 0.3 is 0 Å². The number of hydrogen-bond acceptors (Lipinski definition) is 3. The van der Waals surface area contributed by atoms with Crippen LogP contribution in [0.15, 0.2) is 18.2 Å². The predicted octanol–water partition coefficient (Wildman–Crippen LogP) is 2.97. The smallest absolute Gasteiger partial charge is 0.0796 e. The summed E-state index contributed by atoms with van der Waals surface area (Å²) in [5.74, 6) is 0. The molecule has 1 aromatic carbocycles. The summed E-state index contributed by atoms with van der Waals surface area (Å²) in [6.07, 6.45) is 8.05. The molecule has 1 aromatic rings. The molecule has 1 fully saturated rings. The molecule has 4 nitrogen and oxygen atoms in total. The van der Waals surface area contributed by atoms with Gasteiger partial charge in [0, 0.05) is 44.0 Å². The van der Waals surface area contributed by atoms with Crippen molar-refractivity contribution >= 4 is 11.4 Å². The van der Waals surface area contributed by atoms with E-state index in [4.69, 9.17) is 5.73 Å². The fourth-order valence-electron chi connectivity index (χ4n) is 4.52. The van der Waals surface area contributed by atoms with Crippen molar-refractivity contribution in [2.24, 2.45) is 0 Å². The summed E-state index contributed by atoms with van der Waals surface area (Å²) < 4.78 is 1.30. The maximum atomic E-state index is 6.01. The average Bonchev–Trinajstić information content (AvgIpc) is 2.60. The molecule has 0 aromatic heterocycles. The maximum absolute atomic E-state index is 6.01. The number of fused-ring (bicyclic) bond motifs is 1. The van der Waals surface area contributed by atoms with Crippen molar-refractivity contribution in [3.05, 3.63) is 23.8 Å². The van der Waals surface area contributed by atoms with Crippen molar-refractivity contribution in [1.82, 2.24) is 4.90 Å². The number of nitrogen functional groups attached to an aromatic ring is 1. The molecule has 0 saturated carbocycles. The van der Waals surface area contributed by atoms with E-state index in [2.05, 4.69) is 36.0 Å². The van der Waals surface area contributed by atoms with Gasteiger partial charge in [0.05, 0.1) is 26.7 Å². The fraction of sp³-hybridized carbons (Fsp3) is 0.714. The third-order valence-electron chi connectivity index (χ3n) is 6.21. The molecule has 3 rings (SSSR count). The van der Waals surface area contributed by atoms with Crippen molar-refractivity contribution in [3.63, 3.8) is 0 Å². The van der Waals surface area contributed by atoms with Crippen LogP contribution in [0.3, 0.4) is 0 Å². The van der Waals surface area contributed by atoms with Crippen molar-refractivity contribution in [3.8, 4) is 0 Å². The summed E-state index contributed by atoms with van der Waals surface area (Å²) in [5.41, 5.74) is 9.73. The first kappa shape index (κ1) is 18.5. The lowest BCUT2D eigenvalue weighted by Gasteiger charge is -2.38. The number of aryl methyl sites for hydroxylation is 1. The van der Waals surface area contributed by atoms with E-state index in [0.717, 1.165) is 18.8 Å². The Morgan fingerprint density at radius 1 is 1.12 bits per heavy atom. The van der Waals surface area contributed by atoms with Crippen LogP contribution in [0.2, 0.25) is 0 Å². The number of nitrogens with two attached hydrogens (primary N) is 1. The number of hydrogen-bond donors (Lipinski definition) is 1. The second-order valence-electron chi connectivity index (χ2n) is 8.49. The van der Waals surface area contributed by atoms with Gasteiger partial charge in [-0.05, 0) is 56.8 Å². The van der Waals surface area contributed by atoms with Gasteiger partial charge in [0.15, 0.2) is 0 Å². The van der Waals surface area contributed by atoms with Crippen LogP contribution in [0.1, 0.15) is 37.7 Å². The zero-order valence-electron chi connectivity index (χ0n) is 16.3. The molecular weight excluding hydrogens is 308 g/mol. The fourth-order valence-corrected chi connectivity index (χ4v) is 4.52. The van der Waals surface area contributed by atoms with Gasteiger partial charge in [-0.1, -0.05) is 6.07 Å². The van der Waals surface area contributed by atoms with Crippen LogP contribution in [0.25, 0.3) is 0 Å². The van der Waals surface area contributed by atoms with Crippen LogP contribution in [-0.2, 0) is 6.42 Å². The first-order valence-electron chi connectivity index (χ1n) is 10.2. The molecule has 140 valence electrons. The van der Waals surface area contributed by atoms with Gasteiger partial charge in [0.25, 0.3) is 0 Å². The van der Waals surface area contributed by atoms with Gasteiger partial charge in [-0.2, -0.15) is 0 Å². The molecule has 0 amide bonds. The zero-order valence-corrected chi connectivity index (χ0v) is 16.3. The highest BCUT2D eigenvalue weighted by Crippen LogP contribution is 2.28. The number of piperidine rings is 1. The van der Waals surface area contributed by atoms with E-state index in [1.54, 1.807) is 0 Å². The Kier molecular flexibility index (Phi) is 6.24. The molecule has 0 atom stereocenters. The standard InChI is InChI=1S/C21H37N4/c1-23(11-7-17-25(2)15-4-3-5-16-25)13-14-24-12-6-8-19-9-10-20(22)18-21(19)24/h9-10,18H,3-8,11-17,22H2,1-2H3/q+1. The lowest BCUT2D eigenvalue weighted by Crippen LogP contribution is -2.49. The van der Waals surface area contributed by atoms with Crippen molar-refractivity contribution in [2.45, 2.75) is 38.5 Å². The largest absolute Gasteiger partial charge is 0.399 e. The Balaban J connectivity index is 1.42. The Morgan fingerprint density at radius 2 is 1.92 bits per heavy atom. The molecule has 25 heavy (non-hydrogen) atoms. The topological polar surface area (TPSA) is 32.5 Å². The van der Waals surface area contributed by atoms with Crippen LogP contribution in [-0.4, -0.2) is 69.3 Å². The van der Waals surface area contributed by atoms with Crippen LogP contribution in [0, 0.1) is 0 Å². The Hall–Kier alpha value is -1.26. The molecular formula is C21H37N4+. The van der Waals surface area contributed by atoms with Crippen molar-refractivity contribution < 1.29 is 4.48 Å². The SMILES string of the molecule is CN(CCC[N+]1(C)CCCCC1)CCN1CCCc2ccc(N)cc21. The molecule has 2 N–H and O–H groups in total. The lowest BCUT2D eigenvalue weighted by atomic mass is 10.0. The molecule has 2 heterocycles. The normalized spacial score (nSPS) is 19.9. The average molecular weight is 346 g/mol. The third kappa shape index (κ3) is 5.11. The lowest BCUT2D eigenvalue weighted by molar-refractivity contribution is -0.914. The minimum atomic E-state index is 0.887. The minimum absolute atomic E-state index is 0.887. The number of likely N-dealkylation sites (N-methyl/N-ethyl adjacent to an activating group) is 1. The molecule has 1 saturated heterocycles. The maximum Gasteiger partial charge on any atom is 0.0796 e. The monoisotopic (exact) mass is 345 g/mol. The first-order valence-corrected chi connectivity index (χ1v) is 10.2. The summed E-state index contributed by atoms with van der Waals surface area (Å²) in [6.45, 7) is 8.74. The second kappa shape index (κ2) is 8.41.